The van der Waals surface area contributed by atoms with Crippen LogP contribution in [-0.4, -0.2) is 33.4 Å². The van der Waals surface area contributed by atoms with Crippen LogP contribution in [0.3, 0.4) is 0 Å². The highest BCUT2D eigenvalue weighted by atomic mass is 16.5. The fourth-order valence-corrected chi connectivity index (χ4v) is 2.91. The zero-order valence-electron chi connectivity index (χ0n) is 12.6. The van der Waals surface area contributed by atoms with Gasteiger partial charge in [-0.3, -0.25) is 0 Å². The largest absolute Gasteiger partial charge is 0.382 e. The predicted octanol–water partition coefficient (Wildman–Crippen LogP) is 3.43. The third kappa shape index (κ3) is 3.63. The lowest BCUT2D eigenvalue weighted by Crippen LogP contribution is -2.31. The van der Waals surface area contributed by atoms with Gasteiger partial charge in [0.05, 0.1) is 6.10 Å². The van der Waals surface area contributed by atoms with Crippen molar-refractivity contribution in [2.75, 3.05) is 31.4 Å². The minimum Gasteiger partial charge on any atom is -0.382 e. The minimum atomic E-state index is 0.421. The quantitative estimate of drug-likeness (QED) is 0.899. The van der Waals surface area contributed by atoms with Crippen LogP contribution in [0.5, 0.6) is 0 Å². The molecule has 0 amide bonds. The Kier molecular flexibility index (Phi) is 4.70. The highest BCUT2D eigenvalue weighted by Crippen LogP contribution is 2.27. The van der Waals surface area contributed by atoms with Crippen molar-refractivity contribution in [3.8, 4) is 0 Å². The maximum atomic E-state index is 5.49. The van der Waals surface area contributed by atoms with E-state index in [0.717, 1.165) is 6.42 Å². The van der Waals surface area contributed by atoms with Crippen LogP contribution in [0.4, 0.5) is 11.4 Å². The van der Waals surface area contributed by atoms with Crippen molar-refractivity contribution in [3.63, 3.8) is 0 Å². The first-order valence-corrected chi connectivity index (χ1v) is 7.17. The molecule has 3 nitrogen and oxygen atoms in total. The van der Waals surface area contributed by atoms with Crippen LogP contribution in [0.25, 0.3) is 0 Å². The lowest BCUT2D eigenvalue weighted by Gasteiger charge is -2.30. The zero-order chi connectivity index (χ0) is 13.8. The van der Waals surface area contributed by atoms with E-state index in [-0.39, 0.29) is 0 Å². The van der Waals surface area contributed by atoms with Crippen molar-refractivity contribution in [1.29, 1.82) is 0 Å². The molecule has 2 unspecified atom stereocenters. The van der Waals surface area contributed by atoms with E-state index in [1.165, 1.54) is 36.2 Å². The zero-order valence-corrected chi connectivity index (χ0v) is 12.6. The van der Waals surface area contributed by atoms with Crippen molar-refractivity contribution < 1.29 is 4.74 Å². The molecule has 1 aromatic rings. The maximum Gasteiger partial charge on any atom is 0.0590 e. The van der Waals surface area contributed by atoms with Crippen LogP contribution < -0.4 is 10.2 Å². The molecule has 19 heavy (non-hydrogen) atoms. The fourth-order valence-electron chi connectivity index (χ4n) is 2.91. The number of nitrogens with one attached hydrogen (secondary N) is 1. The molecule has 0 aromatic heterocycles. The monoisotopic (exact) mass is 262 g/mol. The van der Waals surface area contributed by atoms with E-state index in [9.17, 15) is 0 Å². The third-order valence-corrected chi connectivity index (χ3v) is 4.02. The van der Waals surface area contributed by atoms with E-state index >= 15 is 0 Å². The molecule has 0 bridgehead atoms. The molecule has 1 aliphatic carbocycles. The van der Waals surface area contributed by atoms with Gasteiger partial charge in [0, 0.05) is 38.6 Å². The van der Waals surface area contributed by atoms with E-state index in [2.05, 4.69) is 49.4 Å². The number of rotatable bonds is 4. The maximum absolute atomic E-state index is 5.49. The summed E-state index contributed by atoms with van der Waals surface area (Å²) in [5.41, 5.74) is 3.81. The third-order valence-electron chi connectivity index (χ3n) is 4.02. The molecule has 1 N–H and O–H groups in total. The van der Waals surface area contributed by atoms with E-state index in [4.69, 9.17) is 4.74 Å². The molecule has 1 aromatic carbocycles. The van der Waals surface area contributed by atoms with E-state index in [1.807, 2.05) is 7.11 Å². The molecule has 0 heterocycles. The van der Waals surface area contributed by atoms with Crippen molar-refractivity contribution in [2.24, 2.45) is 0 Å². The van der Waals surface area contributed by atoms with Gasteiger partial charge in [0.1, 0.15) is 0 Å². The molecule has 1 aliphatic rings. The molecular formula is C16H26N2O. The average molecular weight is 262 g/mol. The van der Waals surface area contributed by atoms with Gasteiger partial charge in [0.15, 0.2) is 0 Å². The Bertz CT molecular complexity index is 417. The normalized spacial score (nSPS) is 23.2. The first-order valence-electron chi connectivity index (χ1n) is 7.17. The van der Waals surface area contributed by atoms with Gasteiger partial charge < -0.3 is 15.0 Å². The Balaban J connectivity index is 2.04. The summed E-state index contributed by atoms with van der Waals surface area (Å²) in [7, 11) is 6.00. The van der Waals surface area contributed by atoms with Gasteiger partial charge in [0.2, 0.25) is 0 Å². The highest BCUT2D eigenvalue weighted by Gasteiger charge is 2.21. The SMILES string of the molecule is COC1CCCC(Nc2ccc(C)c(N(C)C)c2)C1. The molecule has 0 spiro atoms. The molecule has 0 saturated heterocycles. The minimum absolute atomic E-state index is 0.421. The lowest BCUT2D eigenvalue weighted by molar-refractivity contribution is 0.0669. The van der Waals surface area contributed by atoms with E-state index < -0.39 is 0 Å². The second-order valence-electron chi connectivity index (χ2n) is 5.76. The molecule has 2 rings (SSSR count). The summed E-state index contributed by atoms with van der Waals surface area (Å²) >= 11 is 0. The van der Waals surface area contributed by atoms with Crippen molar-refractivity contribution in [3.05, 3.63) is 23.8 Å². The summed E-state index contributed by atoms with van der Waals surface area (Å²) in [6.45, 7) is 2.15. The summed E-state index contributed by atoms with van der Waals surface area (Å²) < 4.78 is 5.49. The first kappa shape index (κ1) is 14.2. The first-order chi connectivity index (χ1) is 9.10. The predicted molar refractivity (Wildman–Crippen MR) is 82.2 cm³/mol. The Hall–Kier alpha value is -1.22. The average Bonchev–Trinajstić information content (AvgIpc) is 2.41. The molecule has 3 heteroatoms. The van der Waals surface area contributed by atoms with Crippen LogP contribution in [0, 0.1) is 6.92 Å². The topological polar surface area (TPSA) is 24.5 Å². The number of methoxy groups -OCH3 is 1. The number of ether oxygens (including phenoxy) is 1. The summed E-state index contributed by atoms with van der Waals surface area (Å²) in [6.07, 6.45) is 5.23. The van der Waals surface area contributed by atoms with Crippen LogP contribution >= 0.6 is 0 Å². The Morgan fingerprint density at radius 1 is 1.26 bits per heavy atom. The van der Waals surface area contributed by atoms with Crippen LogP contribution in [0.1, 0.15) is 31.2 Å². The standard InChI is InChI=1S/C16H26N2O/c1-12-8-9-14(11-16(12)18(2)3)17-13-6-5-7-15(10-13)19-4/h8-9,11,13,15,17H,5-7,10H2,1-4H3. The number of benzene rings is 1. The Morgan fingerprint density at radius 3 is 2.74 bits per heavy atom. The highest BCUT2D eigenvalue weighted by molar-refractivity contribution is 5.62. The number of hydrogen-bond donors (Lipinski definition) is 1. The Labute approximate surface area is 116 Å². The Morgan fingerprint density at radius 2 is 2.05 bits per heavy atom. The van der Waals surface area contributed by atoms with Gasteiger partial charge in [-0.2, -0.15) is 0 Å². The molecule has 0 radical (unpaired) electrons. The van der Waals surface area contributed by atoms with Crippen molar-refractivity contribution in [1.82, 2.24) is 0 Å². The number of nitrogens with zero attached hydrogens (tertiary/aromatic N) is 1. The van der Waals surface area contributed by atoms with E-state index in [0.29, 0.717) is 12.1 Å². The smallest absolute Gasteiger partial charge is 0.0590 e. The summed E-state index contributed by atoms with van der Waals surface area (Å²) in [5.74, 6) is 0. The fraction of sp³-hybridized carbons (Fsp3) is 0.625. The van der Waals surface area contributed by atoms with Gasteiger partial charge in [-0.1, -0.05) is 6.07 Å². The van der Waals surface area contributed by atoms with Gasteiger partial charge in [-0.25, -0.2) is 0 Å². The van der Waals surface area contributed by atoms with Crippen molar-refractivity contribution >= 4 is 11.4 Å². The molecule has 1 saturated carbocycles. The number of hydrogen-bond acceptors (Lipinski definition) is 3. The summed E-state index contributed by atoms with van der Waals surface area (Å²) in [5, 5.41) is 3.66. The molecular weight excluding hydrogens is 236 g/mol. The second kappa shape index (κ2) is 6.29. The summed E-state index contributed by atoms with van der Waals surface area (Å²) in [6, 6.07) is 7.15. The second-order valence-corrected chi connectivity index (χ2v) is 5.76. The van der Waals surface area contributed by atoms with Crippen molar-refractivity contribution in [2.45, 2.75) is 44.8 Å². The van der Waals surface area contributed by atoms with Gasteiger partial charge >= 0.3 is 0 Å². The molecule has 2 atom stereocenters. The lowest BCUT2D eigenvalue weighted by atomic mass is 9.92. The summed E-state index contributed by atoms with van der Waals surface area (Å²) in [4.78, 5) is 2.17. The van der Waals surface area contributed by atoms with Gasteiger partial charge in [0.25, 0.3) is 0 Å². The molecule has 0 aliphatic heterocycles. The van der Waals surface area contributed by atoms with Crippen LogP contribution in [-0.2, 0) is 4.74 Å². The van der Waals surface area contributed by atoms with Gasteiger partial charge in [-0.05, 0) is 50.3 Å². The number of anilines is 2. The van der Waals surface area contributed by atoms with Gasteiger partial charge in [-0.15, -0.1) is 0 Å². The number of aryl methyl sites for hydroxylation is 1. The molecule has 106 valence electrons. The van der Waals surface area contributed by atoms with E-state index in [1.54, 1.807) is 0 Å². The molecule has 1 fully saturated rings. The van der Waals surface area contributed by atoms with Crippen LogP contribution in [0.2, 0.25) is 0 Å². The van der Waals surface area contributed by atoms with Crippen LogP contribution in [0.15, 0.2) is 18.2 Å².